The molecule has 2 aromatic heterocycles. The number of aromatic nitrogens is 3. The first-order valence-electron chi connectivity index (χ1n) is 16.1. The van der Waals surface area contributed by atoms with Gasteiger partial charge in [0.2, 0.25) is 10.0 Å². The van der Waals surface area contributed by atoms with Gasteiger partial charge in [-0.15, -0.1) is 0 Å². The Labute approximate surface area is 279 Å². The molecule has 0 amide bonds. The predicted octanol–water partition coefficient (Wildman–Crippen LogP) is 7.61. The molecule has 0 unspecified atom stereocenters. The van der Waals surface area contributed by atoms with Crippen molar-refractivity contribution < 1.29 is 23.1 Å². The van der Waals surface area contributed by atoms with Crippen LogP contribution in [0, 0.1) is 5.92 Å². The lowest BCUT2D eigenvalue weighted by Gasteiger charge is -2.28. The summed E-state index contributed by atoms with van der Waals surface area (Å²) in [5.41, 5.74) is 6.90. The second kappa shape index (κ2) is 13.1. The fraction of sp³-hybridized carbons (Fsp3) is 0.237. The number of carboxylic acids is 1. The quantitative estimate of drug-likeness (QED) is 0.155. The average molecular weight is 661 g/mol. The normalized spacial score (nSPS) is 16.6. The van der Waals surface area contributed by atoms with Gasteiger partial charge >= 0.3 is 5.97 Å². The summed E-state index contributed by atoms with van der Waals surface area (Å²) in [4.78, 5) is 22.2. The molecule has 0 spiro atoms. The topological polar surface area (TPSA) is 123 Å². The van der Waals surface area contributed by atoms with Gasteiger partial charge in [-0.2, -0.15) is 0 Å². The number of pyridine rings is 1. The number of hydrogen-bond donors (Lipinski definition) is 2. The molecule has 48 heavy (non-hydrogen) atoms. The Kier molecular flexibility index (Phi) is 8.58. The van der Waals surface area contributed by atoms with E-state index in [9.17, 15) is 18.3 Å². The standard InChI is InChI=1S/C38H36N4O5S/c1-48(45,46)41-29-16-13-26(14-17-29)28-9-6-7-25(21-28)23-42-36-20-19-31(47-24-30-18-15-27-8-2-5-12-34(27)39-30)22-35(36)40-37(42)32-10-3-4-11-33(32)38(43)44/h2,5-9,12-22,32-33,41H,3-4,10-11,23-24H2,1H3,(H,43,44)/t32-,33+/m0/s1. The SMILES string of the molecule is CS(=O)(=O)Nc1ccc(-c2cccc(Cn3c([C@H]4CCCC[C@H]4C(=O)O)nc4cc(OCc5ccc6ccccc6n5)ccc43)c2)cc1. The van der Waals surface area contributed by atoms with Crippen LogP contribution in [0.15, 0.2) is 103 Å². The number of benzene rings is 4. The second-order valence-corrected chi connectivity index (χ2v) is 14.2. The number of rotatable bonds is 10. The lowest BCUT2D eigenvalue weighted by atomic mass is 9.78. The van der Waals surface area contributed by atoms with Crippen LogP contribution < -0.4 is 9.46 Å². The molecule has 9 nitrogen and oxygen atoms in total. The Morgan fingerprint density at radius 2 is 1.69 bits per heavy atom. The van der Waals surface area contributed by atoms with E-state index in [0.29, 0.717) is 31.0 Å². The summed E-state index contributed by atoms with van der Waals surface area (Å²) >= 11 is 0. The summed E-state index contributed by atoms with van der Waals surface area (Å²) in [5, 5.41) is 11.2. The molecule has 0 saturated heterocycles. The third-order valence-electron chi connectivity index (χ3n) is 9.00. The number of para-hydroxylation sites is 1. The van der Waals surface area contributed by atoms with Crippen molar-refractivity contribution in [2.24, 2.45) is 5.92 Å². The van der Waals surface area contributed by atoms with Gasteiger partial charge in [0.15, 0.2) is 0 Å². The highest BCUT2D eigenvalue weighted by Gasteiger charge is 2.35. The van der Waals surface area contributed by atoms with E-state index in [0.717, 1.165) is 75.7 Å². The first kappa shape index (κ1) is 31.4. The van der Waals surface area contributed by atoms with Crippen LogP contribution >= 0.6 is 0 Å². The van der Waals surface area contributed by atoms with Crippen LogP contribution in [-0.4, -0.2) is 40.3 Å². The predicted molar refractivity (Wildman–Crippen MR) is 188 cm³/mol. The molecule has 10 heteroatoms. The number of nitrogens with zero attached hydrogens (tertiary/aromatic N) is 3. The molecule has 244 valence electrons. The van der Waals surface area contributed by atoms with Gasteiger partial charge in [-0.3, -0.25) is 9.52 Å². The molecule has 0 aliphatic heterocycles. The molecule has 1 fully saturated rings. The minimum absolute atomic E-state index is 0.201. The molecule has 1 aliphatic carbocycles. The minimum Gasteiger partial charge on any atom is -0.487 e. The number of imidazole rings is 1. The fourth-order valence-corrected chi connectivity index (χ4v) is 7.29. The average Bonchev–Trinajstić information content (AvgIpc) is 3.44. The number of aliphatic carboxylic acids is 1. The number of anilines is 1. The molecule has 2 atom stereocenters. The maximum atomic E-state index is 12.4. The van der Waals surface area contributed by atoms with Crippen LogP contribution in [0.3, 0.4) is 0 Å². The second-order valence-electron chi connectivity index (χ2n) is 12.5. The number of nitrogens with one attached hydrogen (secondary N) is 1. The van der Waals surface area contributed by atoms with Crippen molar-refractivity contribution in [2.45, 2.75) is 44.8 Å². The van der Waals surface area contributed by atoms with Gasteiger partial charge < -0.3 is 14.4 Å². The molecular formula is C38H36N4O5S. The fourth-order valence-electron chi connectivity index (χ4n) is 6.73. The van der Waals surface area contributed by atoms with Crippen LogP contribution in [0.2, 0.25) is 0 Å². The molecule has 6 aromatic rings. The smallest absolute Gasteiger partial charge is 0.307 e. The Morgan fingerprint density at radius 3 is 2.50 bits per heavy atom. The van der Waals surface area contributed by atoms with Crippen molar-refractivity contribution in [3.05, 3.63) is 120 Å². The molecule has 7 rings (SSSR count). The van der Waals surface area contributed by atoms with Gasteiger partial charge in [0.1, 0.15) is 18.2 Å². The maximum Gasteiger partial charge on any atom is 0.307 e. The monoisotopic (exact) mass is 660 g/mol. The molecule has 0 radical (unpaired) electrons. The van der Waals surface area contributed by atoms with E-state index in [4.69, 9.17) is 14.7 Å². The van der Waals surface area contributed by atoms with E-state index >= 15 is 0 Å². The number of hydrogen-bond acceptors (Lipinski definition) is 6. The zero-order valence-corrected chi connectivity index (χ0v) is 27.4. The van der Waals surface area contributed by atoms with Crippen LogP contribution in [0.4, 0.5) is 5.69 Å². The Bertz CT molecular complexity index is 2230. The van der Waals surface area contributed by atoms with Crippen molar-refractivity contribution in [3.63, 3.8) is 0 Å². The summed E-state index contributed by atoms with van der Waals surface area (Å²) in [6.45, 7) is 0.823. The van der Waals surface area contributed by atoms with Gasteiger partial charge in [-0.25, -0.2) is 18.4 Å². The molecule has 4 aromatic carbocycles. The van der Waals surface area contributed by atoms with Crippen molar-refractivity contribution in [1.82, 2.24) is 14.5 Å². The highest BCUT2D eigenvalue weighted by Crippen LogP contribution is 2.39. The molecule has 1 saturated carbocycles. The van der Waals surface area contributed by atoms with Gasteiger partial charge in [-0.05, 0) is 72.0 Å². The third-order valence-corrected chi connectivity index (χ3v) is 9.60. The molecule has 0 bridgehead atoms. The highest BCUT2D eigenvalue weighted by molar-refractivity contribution is 7.92. The summed E-state index contributed by atoms with van der Waals surface area (Å²) in [6.07, 6.45) is 4.39. The largest absolute Gasteiger partial charge is 0.487 e. The highest BCUT2D eigenvalue weighted by atomic mass is 32.2. The molecular weight excluding hydrogens is 625 g/mol. The van der Waals surface area contributed by atoms with Crippen molar-refractivity contribution >= 4 is 43.6 Å². The lowest BCUT2D eigenvalue weighted by molar-refractivity contribution is -0.143. The first-order valence-corrected chi connectivity index (χ1v) is 18.0. The van der Waals surface area contributed by atoms with Crippen LogP contribution in [0.25, 0.3) is 33.1 Å². The number of carboxylic acid groups (broad SMARTS) is 1. The third kappa shape index (κ3) is 6.89. The van der Waals surface area contributed by atoms with E-state index in [-0.39, 0.29) is 5.92 Å². The van der Waals surface area contributed by atoms with E-state index in [1.165, 1.54) is 0 Å². The maximum absolute atomic E-state index is 12.4. The van der Waals surface area contributed by atoms with E-state index in [2.05, 4.69) is 21.4 Å². The van der Waals surface area contributed by atoms with Crippen LogP contribution in [0.5, 0.6) is 5.75 Å². The Balaban J connectivity index is 1.20. The molecule has 1 aliphatic rings. The Hall–Kier alpha value is -5.22. The van der Waals surface area contributed by atoms with E-state index in [1.807, 2.05) is 78.9 Å². The zero-order chi connectivity index (χ0) is 33.3. The van der Waals surface area contributed by atoms with Gasteiger partial charge in [0.05, 0.1) is 34.4 Å². The van der Waals surface area contributed by atoms with Gasteiger partial charge in [-0.1, -0.05) is 67.4 Å². The van der Waals surface area contributed by atoms with Gasteiger partial charge in [0.25, 0.3) is 0 Å². The molecule has 2 N–H and O–H groups in total. The number of sulfonamides is 1. The summed E-state index contributed by atoms with van der Waals surface area (Å²) in [6, 6.07) is 33.3. The van der Waals surface area contributed by atoms with Gasteiger partial charge in [0, 0.05) is 29.6 Å². The summed E-state index contributed by atoms with van der Waals surface area (Å²) in [5.74, 6) is -0.0155. The van der Waals surface area contributed by atoms with Crippen LogP contribution in [0.1, 0.15) is 48.7 Å². The zero-order valence-electron chi connectivity index (χ0n) is 26.5. The Morgan fingerprint density at radius 1 is 0.875 bits per heavy atom. The summed E-state index contributed by atoms with van der Waals surface area (Å²) in [7, 11) is -3.36. The number of fused-ring (bicyclic) bond motifs is 2. The summed E-state index contributed by atoms with van der Waals surface area (Å²) < 4.78 is 34.1. The van der Waals surface area contributed by atoms with Crippen molar-refractivity contribution in [2.75, 3.05) is 11.0 Å². The number of ether oxygens (including phenoxy) is 1. The minimum atomic E-state index is -3.36. The molecule has 2 heterocycles. The lowest BCUT2D eigenvalue weighted by Crippen LogP contribution is -2.27. The van der Waals surface area contributed by atoms with Crippen LogP contribution in [-0.2, 0) is 28.0 Å². The van der Waals surface area contributed by atoms with E-state index < -0.39 is 21.9 Å². The first-order chi connectivity index (χ1) is 23.2. The number of carbonyl (C=O) groups is 1. The van der Waals surface area contributed by atoms with Crippen molar-refractivity contribution in [3.8, 4) is 16.9 Å². The van der Waals surface area contributed by atoms with Crippen molar-refractivity contribution in [1.29, 1.82) is 0 Å². The van der Waals surface area contributed by atoms with E-state index in [1.54, 1.807) is 12.1 Å².